The summed E-state index contributed by atoms with van der Waals surface area (Å²) in [7, 11) is 1.49. The highest BCUT2D eigenvalue weighted by atomic mass is 16.5. The van der Waals surface area contributed by atoms with Crippen molar-refractivity contribution in [2.75, 3.05) is 20.2 Å². The molecule has 186 valence electrons. The van der Waals surface area contributed by atoms with Crippen molar-refractivity contribution in [2.45, 2.75) is 52.7 Å². The van der Waals surface area contributed by atoms with Crippen molar-refractivity contribution in [2.24, 2.45) is 5.92 Å². The van der Waals surface area contributed by atoms with Gasteiger partial charge in [-0.25, -0.2) is 0 Å². The molecular formula is C28H35N3O4. The third kappa shape index (κ3) is 5.85. The first-order chi connectivity index (χ1) is 16.9. The molecule has 7 nitrogen and oxygen atoms in total. The van der Waals surface area contributed by atoms with E-state index in [2.05, 4.69) is 48.3 Å². The molecular weight excluding hydrogens is 442 g/mol. The standard InChI is InChI=1S/C28H35N3O4/c1-19(2)16-21-7-9-22(10-8-21)18-30-12-11-23-27(25(34-4)17-26(32)31(23)14-13-30)28(33)29-20(3)24-6-5-15-35-24/h5-10,15,17,19-20H,11-14,16,18H2,1-4H3,(H,29,33)/t20-/m0/s1. The zero-order valence-electron chi connectivity index (χ0n) is 21.0. The number of aromatic nitrogens is 1. The molecule has 1 aliphatic heterocycles. The van der Waals surface area contributed by atoms with Gasteiger partial charge in [0.05, 0.1) is 19.4 Å². The summed E-state index contributed by atoms with van der Waals surface area (Å²) in [5, 5.41) is 2.99. The Bertz CT molecular complexity index is 1200. The Labute approximate surface area is 206 Å². The van der Waals surface area contributed by atoms with E-state index in [1.807, 2.05) is 13.0 Å². The van der Waals surface area contributed by atoms with Crippen LogP contribution in [0.1, 0.15) is 59.8 Å². The monoisotopic (exact) mass is 477 g/mol. The Morgan fingerprint density at radius 1 is 1.09 bits per heavy atom. The molecule has 0 fully saturated rings. The van der Waals surface area contributed by atoms with Gasteiger partial charge >= 0.3 is 0 Å². The number of carbonyl (C=O) groups is 1. The number of rotatable bonds is 8. The van der Waals surface area contributed by atoms with Gasteiger partial charge in [0.15, 0.2) is 0 Å². The summed E-state index contributed by atoms with van der Waals surface area (Å²) >= 11 is 0. The molecule has 7 heteroatoms. The number of hydrogen-bond acceptors (Lipinski definition) is 5. The van der Waals surface area contributed by atoms with Crippen molar-refractivity contribution in [1.82, 2.24) is 14.8 Å². The molecule has 35 heavy (non-hydrogen) atoms. The highest BCUT2D eigenvalue weighted by Crippen LogP contribution is 2.25. The van der Waals surface area contributed by atoms with E-state index in [1.54, 1.807) is 16.9 Å². The van der Waals surface area contributed by atoms with Crippen molar-refractivity contribution in [3.63, 3.8) is 0 Å². The second-order valence-corrected chi connectivity index (χ2v) is 9.68. The first-order valence-corrected chi connectivity index (χ1v) is 12.3. The van der Waals surface area contributed by atoms with Crippen LogP contribution < -0.4 is 15.6 Å². The van der Waals surface area contributed by atoms with Gasteiger partial charge < -0.3 is 19.0 Å². The molecule has 3 heterocycles. The van der Waals surface area contributed by atoms with Crippen molar-refractivity contribution >= 4 is 5.91 Å². The molecule has 0 radical (unpaired) electrons. The lowest BCUT2D eigenvalue weighted by molar-refractivity contribution is 0.0930. The lowest BCUT2D eigenvalue weighted by Crippen LogP contribution is -2.32. The third-order valence-electron chi connectivity index (χ3n) is 6.52. The minimum atomic E-state index is -0.310. The molecule has 2 aromatic heterocycles. The maximum atomic E-state index is 13.3. The molecule has 1 amide bonds. The highest BCUT2D eigenvalue weighted by molar-refractivity contribution is 5.98. The van der Waals surface area contributed by atoms with Gasteiger partial charge in [-0.2, -0.15) is 0 Å². The van der Waals surface area contributed by atoms with E-state index in [1.165, 1.54) is 24.3 Å². The summed E-state index contributed by atoms with van der Waals surface area (Å²) < 4.78 is 12.6. The average Bonchev–Trinajstić information content (AvgIpc) is 3.29. The van der Waals surface area contributed by atoms with E-state index in [0.29, 0.717) is 41.7 Å². The van der Waals surface area contributed by atoms with E-state index in [9.17, 15) is 9.59 Å². The zero-order valence-corrected chi connectivity index (χ0v) is 21.0. The zero-order chi connectivity index (χ0) is 24.9. The Morgan fingerprint density at radius 2 is 1.83 bits per heavy atom. The largest absolute Gasteiger partial charge is 0.496 e. The number of nitrogens with zero attached hydrogens (tertiary/aromatic N) is 2. The Kier molecular flexibility index (Phi) is 7.76. The number of amides is 1. The van der Waals surface area contributed by atoms with Gasteiger partial charge in [0.25, 0.3) is 11.5 Å². The van der Waals surface area contributed by atoms with Gasteiger partial charge in [-0.1, -0.05) is 38.1 Å². The number of pyridine rings is 1. The number of benzene rings is 1. The lowest BCUT2D eigenvalue weighted by atomic mass is 10.0. The Morgan fingerprint density at radius 3 is 2.49 bits per heavy atom. The molecule has 4 rings (SSSR count). The fraction of sp³-hybridized carbons (Fsp3) is 0.429. The first kappa shape index (κ1) is 24.8. The van der Waals surface area contributed by atoms with Crippen LogP contribution in [0.4, 0.5) is 0 Å². The topological polar surface area (TPSA) is 76.7 Å². The van der Waals surface area contributed by atoms with Gasteiger partial charge in [-0.05, 0) is 42.5 Å². The van der Waals surface area contributed by atoms with Crippen LogP contribution >= 0.6 is 0 Å². The predicted octanol–water partition coefficient (Wildman–Crippen LogP) is 4.20. The minimum absolute atomic E-state index is 0.146. The van der Waals surface area contributed by atoms with E-state index in [4.69, 9.17) is 9.15 Å². The lowest BCUT2D eigenvalue weighted by Gasteiger charge is -2.19. The minimum Gasteiger partial charge on any atom is -0.496 e. The highest BCUT2D eigenvalue weighted by Gasteiger charge is 2.26. The van der Waals surface area contributed by atoms with Gasteiger partial charge in [-0.15, -0.1) is 0 Å². The van der Waals surface area contributed by atoms with E-state index < -0.39 is 0 Å². The summed E-state index contributed by atoms with van der Waals surface area (Å²) in [5.74, 6) is 1.33. The van der Waals surface area contributed by atoms with Crippen molar-refractivity contribution in [3.05, 3.63) is 87.2 Å². The van der Waals surface area contributed by atoms with Crippen molar-refractivity contribution in [1.29, 1.82) is 0 Å². The predicted molar refractivity (Wildman–Crippen MR) is 136 cm³/mol. The number of fused-ring (bicyclic) bond motifs is 1. The van der Waals surface area contributed by atoms with Gasteiger partial charge in [-0.3, -0.25) is 14.5 Å². The summed E-state index contributed by atoms with van der Waals surface area (Å²) in [5.41, 5.74) is 3.59. The molecule has 1 N–H and O–H groups in total. The smallest absolute Gasteiger partial charge is 0.257 e. The molecule has 0 saturated heterocycles. The van der Waals surface area contributed by atoms with Crippen LogP contribution in [0.25, 0.3) is 0 Å². The van der Waals surface area contributed by atoms with Crippen molar-refractivity contribution in [3.8, 4) is 5.75 Å². The van der Waals surface area contributed by atoms with Crippen LogP contribution in [-0.2, 0) is 25.9 Å². The van der Waals surface area contributed by atoms with Crippen LogP contribution in [0.2, 0.25) is 0 Å². The summed E-state index contributed by atoms with van der Waals surface area (Å²) in [4.78, 5) is 28.6. The molecule has 1 aromatic carbocycles. The normalized spacial score (nSPS) is 14.9. The van der Waals surface area contributed by atoms with E-state index in [-0.39, 0.29) is 17.5 Å². The number of ether oxygens (including phenoxy) is 1. The molecule has 0 aliphatic carbocycles. The second kappa shape index (κ2) is 11.0. The average molecular weight is 478 g/mol. The molecule has 0 unspecified atom stereocenters. The van der Waals surface area contributed by atoms with Gasteiger partial charge in [0.1, 0.15) is 17.1 Å². The molecule has 0 saturated carbocycles. The fourth-order valence-electron chi connectivity index (χ4n) is 4.74. The molecule has 1 atom stereocenters. The Balaban J connectivity index is 1.53. The maximum Gasteiger partial charge on any atom is 0.257 e. The maximum absolute atomic E-state index is 13.3. The first-order valence-electron chi connectivity index (χ1n) is 12.3. The number of furan rings is 1. The molecule has 1 aliphatic rings. The quantitative estimate of drug-likeness (QED) is 0.526. The van der Waals surface area contributed by atoms with Crippen LogP contribution in [0.5, 0.6) is 5.75 Å². The van der Waals surface area contributed by atoms with Crippen LogP contribution in [0.3, 0.4) is 0 Å². The molecule has 3 aromatic rings. The van der Waals surface area contributed by atoms with E-state index >= 15 is 0 Å². The van der Waals surface area contributed by atoms with Crippen LogP contribution in [0, 0.1) is 5.92 Å². The summed E-state index contributed by atoms with van der Waals surface area (Å²) in [6.07, 6.45) is 3.24. The number of nitrogens with one attached hydrogen (secondary N) is 1. The van der Waals surface area contributed by atoms with Gasteiger partial charge in [0.2, 0.25) is 0 Å². The van der Waals surface area contributed by atoms with Crippen molar-refractivity contribution < 1.29 is 13.9 Å². The van der Waals surface area contributed by atoms with Crippen LogP contribution in [0.15, 0.2) is 57.9 Å². The number of hydrogen-bond donors (Lipinski definition) is 1. The number of carbonyl (C=O) groups excluding carboxylic acids is 1. The van der Waals surface area contributed by atoms with Gasteiger partial charge in [0, 0.05) is 44.4 Å². The number of methoxy groups -OCH3 is 1. The summed E-state index contributed by atoms with van der Waals surface area (Å²) in [6, 6.07) is 13.5. The Hall–Kier alpha value is -3.32. The summed E-state index contributed by atoms with van der Waals surface area (Å²) in [6.45, 7) is 9.13. The fourth-order valence-corrected chi connectivity index (χ4v) is 4.74. The van der Waals surface area contributed by atoms with E-state index in [0.717, 1.165) is 26.1 Å². The SMILES string of the molecule is COc1cc(=O)n2c(c1C(=O)N[C@@H](C)c1ccco1)CCN(Cc1ccc(CC(C)C)cc1)CC2. The van der Waals surface area contributed by atoms with Crippen LogP contribution in [-0.4, -0.2) is 35.6 Å². The molecule has 0 spiro atoms. The second-order valence-electron chi connectivity index (χ2n) is 9.68. The molecule has 0 bridgehead atoms. The third-order valence-corrected chi connectivity index (χ3v) is 6.52.